The fraction of sp³-hybridized carbons (Fsp3) is 0.308. The standard InChI is InChI=1S/C13H15BrO3/c1-4-9(8-15)5-11-12(16-2)6-10(14)7-13(11)17-3/h5-8H,4H2,1-3H3/b9-5-. The number of ether oxygens (including phenoxy) is 2. The van der Waals surface area contributed by atoms with Crippen molar-refractivity contribution in [2.24, 2.45) is 0 Å². The molecule has 0 aliphatic rings. The minimum absolute atomic E-state index is 0.670. The minimum atomic E-state index is 0.670. The summed E-state index contributed by atoms with van der Waals surface area (Å²) in [6.07, 6.45) is 3.31. The monoisotopic (exact) mass is 298 g/mol. The summed E-state index contributed by atoms with van der Waals surface area (Å²) in [5.41, 5.74) is 1.48. The van der Waals surface area contributed by atoms with Crippen molar-refractivity contribution in [3.63, 3.8) is 0 Å². The first-order valence-electron chi connectivity index (χ1n) is 5.23. The molecular weight excluding hydrogens is 284 g/mol. The maximum Gasteiger partial charge on any atom is 0.146 e. The molecule has 1 aromatic rings. The van der Waals surface area contributed by atoms with Crippen LogP contribution in [0.3, 0.4) is 0 Å². The zero-order valence-electron chi connectivity index (χ0n) is 10.1. The second-order valence-electron chi connectivity index (χ2n) is 3.41. The molecule has 0 saturated carbocycles. The summed E-state index contributed by atoms with van der Waals surface area (Å²) in [7, 11) is 3.18. The highest BCUT2D eigenvalue weighted by molar-refractivity contribution is 9.10. The van der Waals surface area contributed by atoms with Crippen LogP contribution in [0, 0.1) is 0 Å². The Bertz CT molecular complexity index is 413. The third-order valence-electron chi connectivity index (χ3n) is 2.40. The zero-order valence-corrected chi connectivity index (χ0v) is 11.7. The smallest absolute Gasteiger partial charge is 0.146 e. The Balaban J connectivity index is 3.38. The van der Waals surface area contributed by atoms with Crippen LogP contribution in [0.5, 0.6) is 11.5 Å². The topological polar surface area (TPSA) is 35.5 Å². The van der Waals surface area contributed by atoms with Gasteiger partial charge in [-0.15, -0.1) is 0 Å². The van der Waals surface area contributed by atoms with Gasteiger partial charge in [-0.2, -0.15) is 0 Å². The van der Waals surface area contributed by atoms with Gasteiger partial charge in [0.15, 0.2) is 0 Å². The van der Waals surface area contributed by atoms with E-state index in [0.29, 0.717) is 23.5 Å². The number of rotatable bonds is 5. The Hall–Kier alpha value is -1.29. The van der Waals surface area contributed by atoms with E-state index in [-0.39, 0.29) is 0 Å². The molecule has 0 amide bonds. The van der Waals surface area contributed by atoms with Crippen LogP contribution in [0.2, 0.25) is 0 Å². The summed E-state index contributed by atoms with van der Waals surface area (Å²) in [6.45, 7) is 1.93. The molecule has 0 aliphatic heterocycles. The Morgan fingerprint density at radius 3 is 2.18 bits per heavy atom. The molecule has 0 unspecified atom stereocenters. The van der Waals surface area contributed by atoms with Crippen molar-refractivity contribution >= 4 is 28.3 Å². The summed E-state index contributed by atoms with van der Waals surface area (Å²) in [5, 5.41) is 0. The maximum atomic E-state index is 10.8. The van der Waals surface area contributed by atoms with E-state index < -0.39 is 0 Å². The van der Waals surface area contributed by atoms with Gasteiger partial charge < -0.3 is 9.47 Å². The fourth-order valence-electron chi connectivity index (χ4n) is 1.45. The molecule has 0 saturated heterocycles. The maximum absolute atomic E-state index is 10.8. The summed E-state index contributed by atoms with van der Waals surface area (Å²) < 4.78 is 11.4. The first-order chi connectivity index (χ1) is 8.15. The highest BCUT2D eigenvalue weighted by Crippen LogP contribution is 2.34. The molecule has 0 radical (unpaired) electrons. The van der Waals surface area contributed by atoms with Crippen LogP contribution in [0.4, 0.5) is 0 Å². The number of hydrogen-bond donors (Lipinski definition) is 0. The van der Waals surface area contributed by atoms with Crippen LogP contribution >= 0.6 is 15.9 Å². The molecule has 0 fully saturated rings. The fourth-order valence-corrected chi connectivity index (χ4v) is 1.87. The molecule has 0 bridgehead atoms. The molecule has 1 rings (SSSR count). The van der Waals surface area contributed by atoms with Crippen LogP contribution < -0.4 is 9.47 Å². The lowest BCUT2D eigenvalue weighted by molar-refractivity contribution is -0.104. The van der Waals surface area contributed by atoms with E-state index in [0.717, 1.165) is 16.3 Å². The molecule has 0 heterocycles. The lowest BCUT2D eigenvalue weighted by atomic mass is 10.1. The number of allylic oxidation sites excluding steroid dienone is 1. The predicted octanol–water partition coefficient (Wildman–Crippen LogP) is 3.46. The van der Waals surface area contributed by atoms with Gasteiger partial charge in [-0.3, -0.25) is 4.79 Å². The third kappa shape index (κ3) is 3.33. The molecule has 1 aromatic carbocycles. The quantitative estimate of drug-likeness (QED) is 0.617. The Morgan fingerprint density at radius 1 is 1.29 bits per heavy atom. The van der Waals surface area contributed by atoms with Crippen LogP contribution in [0.1, 0.15) is 18.9 Å². The number of benzene rings is 1. The summed E-state index contributed by atoms with van der Waals surface area (Å²) in [6, 6.07) is 3.68. The van der Waals surface area contributed by atoms with E-state index in [4.69, 9.17) is 9.47 Å². The van der Waals surface area contributed by atoms with Gasteiger partial charge in [0.1, 0.15) is 17.8 Å². The van der Waals surface area contributed by atoms with Crippen LogP contribution in [0.15, 0.2) is 22.2 Å². The average Bonchev–Trinajstić information content (AvgIpc) is 2.36. The van der Waals surface area contributed by atoms with E-state index in [9.17, 15) is 4.79 Å². The van der Waals surface area contributed by atoms with Crippen LogP contribution in [-0.4, -0.2) is 20.5 Å². The Kier molecular flexibility index (Phi) is 5.22. The van der Waals surface area contributed by atoms with Gasteiger partial charge >= 0.3 is 0 Å². The number of carbonyl (C=O) groups is 1. The molecule has 0 spiro atoms. The third-order valence-corrected chi connectivity index (χ3v) is 2.86. The summed E-state index contributed by atoms with van der Waals surface area (Å²) in [4.78, 5) is 10.8. The highest BCUT2D eigenvalue weighted by Gasteiger charge is 2.10. The van der Waals surface area contributed by atoms with Crippen molar-refractivity contribution in [3.8, 4) is 11.5 Å². The lowest BCUT2D eigenvalue weighted by Crippen LogP contribution is -1.94. The lowest BCUT2D eigenvalue weighted by Gasteiger charge is -2.11. The first kappa shape index (κ1) is 13.8. The number of aldehydes is 1. The van der Waals surface area contributed by atoms with Crippen LogP contribution in [0.25, 0.3) is 6.08 Å². The molecular formula is C13H15BrO3. The number of methoxy groups -OCH3 is 2. The molecule has 3 nitrogen and oxygen atoms in total. The minimum Gasteiger partial charge on any atom is -0.496 e. The second-order valence-corrected chi connectivity index (χ2v) is 4.33. The molecule has 0 atom stereocenters. The van der Waals surface area contributed by atoms with Gasteiger partial charge in [0.2, 0.25) is 0 Å². The van der Waals surface area contributed by atoms with Crippen molar-refractivity contribution in [1.29, 1.82) is 0 Å². The SMILES string of the molecule is CC/C(C=O)=C/c1c(OC)cc(Br)cc1OC. The van der Waals surface area contributed by atoms with Crippen molar-refractivity contribution in [3.05, 3.63) is 27.7 Å². The second kappa shape index (κ2) is 6.45. The summed E-state index contributed by atoms with van der Waals surface area (Å²) >= 11 is 3.38. The number of carbonyl (C=O) groups excluding carboxylic acids is 1. The van der Waals surface area contributed by atoms with Gasteiger partial charge in [-0.1, -0.05) is 22.9 Å². The van der Waals surface area contributed by atoms with Gasteiger partial charge in [0.05, 0.1) is 19.8 Å². The van der Waals surface area contributed by atoms with Gasteiger partial charge in [0.25, 0.3) is 0 Å². The molecule has 0 aromatic heterocycles. The predicted molar refractivity (Wildman–Crippen MR) is 71.6 cm³/mol. The van der Waals surface area contributed by atoms with Crippen molar-refractivity contribution in [2.45, 2.75) is 13.3 Å². The van der Waals surface area contributed by atoms with Crippen molar-refractivity contribution in [1.82, 2.24) is 0 Å². The van der Waals surface area contributed by atoms with E-state index in [1.165, 1.54) is 0 Å². The average molecular weight is 299 g/mol. The molecule has 92 valence electrons. The molecule has 4 heteroatoms. The largest absolute Gasteiger partial charge is 0.496 e. The van der Waals surface area contributed by atoms with Gasteiger partial charge in [-0.05, 0) is 30.2 Å². The molecule has 0 N–H and O–H groups in total. The van der Waals surface area contributed by atoms with E-state index in [1.807, 2.05) is 19.1 Å². The van der Waals surface area contributed by atoms with E-state index in [2.05, 4.69) is 15.9 Å². The Morgan fingerprint density at radius 2 is 1.82 bits per heavy atom. The summed E-state index contributed by atoms with van der Waals surface area (Å²) in [5.74, 6) is 1.34. The first-order valence-corrected chi connectivity index (χ1v) is 6.02. The zero-order chi connectivity index (χ0) is 12.8. The van der Waals surface area contributed by atoms with Gasteiger partial charge in [-0.25, -0.2) is 0 Å². The normalized spacial score (nSPS) is 11.2. The highest BCUT2D eigenvalue weighted by atomic mass is 79.9. The van der Waals surface area contributed by atoms with Gasteiger partial charge in [0, 0.05) is 4.47 Å². The molecule has 0 aliphatic carbocycles. The van der Waals surface area contributed by atoms with Crippen LogP contribution in [-0.2, 0) is 4.79 Å². The van der Waals surface area contributed by atoms with E-state index in [1.54, 1.807) is 20.3 Å². The number of halogens is 1. The molecule has 17 heavy (non-hydrogen) atoms. The van der Waals surface area contributed by atoms with Crippen molar-refractivity contribution < 1.29 is 14.3 Å². The number of hydrogen-bond acceptors (Lipinski definition) is 3. The Labute approximate surface area is 110 Å². The van der Waals surface area contributed by atoms with E-state index >= 15 is 0 Å². The van der Waals surface area contributed by atoms with Crippen molar-refractivity contribution in [2.75, 3.05) is 14.2 Å².